The van der Waals surface area contributed by atoms with Crippen LogP contribution in [0.3, 0.4) is 0 Å². The molecule has 18 valence electrons. The third-order valence-corrected chi connectivity index (χ3v) is 0. The van der Waals surface area contributed by atoms with Gasteiger partial charge in [0.2, 0.25) is 0 Å². The molecule has 0 aliphatic carbocycles. The SMILES string of the molecule is C#N.[H-].[K+].[PbH2]. The van der Waals surface area contributed by atoms with Crippen molar-refractivity contribution in [1.29, 1.82) is 5.26 Å². The summed E-state index contributed by atoms with van der Waals surface area (Å²) in [5, 5.41) is 6.50. The van der Waals surface area contributed by atoms with E-state index in [-0.39, 0.29) is 80.1 Å². The fraction of sp³-hybridized carbons (Fsp3) is 0. The Bertz CT molecular complexity index is 16.4. The second-order valence-corrected chi connectivity index (χ2v) is 0. The molecule has 0 aliphatic heterocycles. The van der Waals surface area contributed by atoms with Crippen LogP contribution < -0.4 is 51.4 Å². The van der Waals surface area contributed by atoms with Crippen molar-refractivity contribution >= 4 is 27.3 Å². The van der Waals surface area contributed by atoms with Crippen LogP contribution in [0.4, 0.5) is 0 Å². The van der Waals surface area contributed by atoms with Crippen molar-refractivity contribution in [2.24, 2.45) is 0 Å². The van der Waals surface area contributed by atoms with Crippen LogP contribution in [0.2, 0.25) is 0 Å². The summed E-state index contributed by atoms with van der Waals surface area (Å²) in [5.74, 6) is 0. The minimum absolute atomic E-state index is 0. The van der Waals surface area contributed by atoms with Crippen LogP contribution in [0.1, 0.15) is 1.43 Å². The summed E-state index contributed by atoms with van der Waals surface area (Å²) in [5.41, 5.74) is 0. The molecule has 2 radical (unpaired) electrons. The van der Waals surface area contributed by atoms with Gasteiger partial charge in [0, 0.05) is 6.57 Å². The Hall–Kier alpha value is 2.05. The van der Waals surface area contributed by atoms with Gasteiger partial charge in [0.1, 0.15) is 0 Å². The van der Waals surface area contributed by atoms with Crippen molar-refractivity contribution in [3.63, 3.8) is 0 Å². The van der Waals surface area contributed by atoms with E-state index >= 15 is 0 Å². The molecule has 0 amide bonds. The molecule has 1 nitrogen and oxygen atoms in total. The van der Waals surface area contributed by atoms with Crippen LogP contribution in [0, 0.1) is 11.8 Å². The summed E-state index contributed by atoms with van der Waals surface area (Å²) in [4.78, 5) is 0. The zero-order valence-electron chi connectivity index (χ0n) is 3.73. The van der Waals surface area contributed by atoms with Gasteiger partial charge >= 0.3 is 78.7 Å². The monoisotopic (exact) mass is 277 g/mol. The predicted molar refractivity (Wildman–Crippen MR) is 16.3 cm³/mol. The quantitative estimate of drug-likeness (QED) is 0.419. The minimum atomic E-state index is 0. The first-order valence-electron chi connectivity index (χ1n) is 0.258. The molecular weight excluding hydrogens is 272 g/mol. The van der Waals surface area contributed by atoms with E-state index in [1.165, 1.54) is 0 Å². The van der Waals surface area contributed by atoms with Crippen LogP contribution in [0.25, 0.3) is 0 Å². The van der Waals surface area contributed by atoms with Crippen LogP contribution in [-0.2, 0) is 0 Å². The summed E-state index contributed by atoms with van der Waals surface area (Å²) in [6.45, 7) is 3.50. The van der Waals surface area contributed by atoms with Crippen molar-refractivity contribution in [1.82, 2.24) is 0 Å². The van der Waals surface area contributed by atoms with E-state index in [0.29, 0.717) is 0 Å². The third kappa shape index (κ3) is 8.97. The molecule has 0 rings (SSSR count). The molecule has 0 saturated carbocycles. The molecule has 0 aromatic carbocycles. The molecule has 0 bridgehead atoms. The maximum atomic E-state index is 6.50. The Morgan fingerprint density at radius 1 is 1.50 bits per heavy atom. The van der Waals surface area contributed by atoms with Gasteiger partial charge in [-0.15, -0.1) is 0 Å². The first kappa shape index (κ1) is 16.6. The number of nitrogens with zero attached hydrogens (tertiary/aromatic N) is 1. The van der Waals surface area contributed by atoms with Crippen LogP contribution in [-0.4, -0.2) is 27.3 Å². The van der Waals surface area contributed by atoms with Crippen molar-refractivity contribution in [2.75, 3.05) is 0 Å². The van der Waals surface area contributed by atoms with Gasteiger partial charge in [0.25, 0.3) is 0 Å². The molecule has 0 atom stereocenters. The molecule has 0 aliphatic rings. The number of hydrogen-bond acceptors (Lipinski definition) is 1. The molecule has 0 heterocycles. The van der Waals surface area contributed by atoms with E-state index in [2.05, 4.69) is 6.57 Å². The molecule has 0 aromatic rings. The van der Waals surface area contributed by atoms with E-state index in [1.54, 1.807) is 0 Å². The Morgan fingerprint density at radius 3 is 1.50 bits per heavy atom. The summed E-state index contributed by atoms with van der Waals surface area (Å²) in [6, 6.07) is 0. The summed E-state index contributed by atoms with van der Waals surface area (Å²) in [7, 11) is 0. The summed E-state index contributed by atoms with van der Waals surface area (Å²) >= 11 is 0. The van der Waals surface area contributed by atoms with Gasteiger partial charge in [0.15, 0.2) is 0 Å². The Kier molecular flexibility index (Phi) is 81.8. The van der Waals surface area contributed by atoms with Crippen LogP contribution in [0.5, 0.6) is 0 Å². The van der Waals surface area contributed by atoms with Crippen molar-refractivity contribution in [2.45, 2.75) is 0 Å². The topological polar surface area (TPSA) is 23.8 Å². The molecule has 0 saturated heterocycles. The first-order chi connectivity index (χ1) is 1.00. The molecule has 0 fully saturated rings. The molecule has 0 N–H and O–H groups in total. The average Bonchev–Trinajstić information content (AvgIpc) is 1.00. The average molecular weight is 276 g/mol. The zero-order chi connectivity index (χ0) is 2.00. The fourth-order valence-corrected chi connectivity index (χ4v) is 0. The number of hydrogen-bond donors (Lipinski definition) is 0. The van der Waals surface area contributed by atoms with Gasteiger partial charge in [-0.3, -0.25) is 0 Å². The Labute approximate surface area is 89.8 Å². The van der Waals surface area contributed by atoms with E-state index in [1.807, 2.05) is 0 Å². The van der Waals surface area contributed by atoms with Gasteiger partial charge in [-0.1, -0.05) is 0 Å². The van der Waals surface area contributed by atoms with E-state index < -0.39 is 0 Å². The summed E-state index contributed by atoms with van der Waals surface area (Å²) in [6.07, 6.45) is 0. The van der Waals surface area contributed by atoms with Crippen LogP contribution >= 0.6 is 0 Å². The molecule has 4 heavy (non-hydrogen) atoms. The Morgan fingerprint density at radius 2 is 1.50 bits per heavy atom. The van der Waals surface area contributed by atoms with Crippen LogP contribution in [0.15, 0.2) is 0 Å². The van der Waals surface area contributed by atoms with E-state index in [0.717, 1.165) is 0 Å². The van der Waals surface area contributed by atoms with Crippen molar-refractivity contribution in [3.05, 3.63) is 0 Å². The second kappa shape index (κ2) is 19.7. The normalized spacial score (nSPS) is 0.500. The van der Waals surface area contributed by atoms with Gasteiger partial charge < -0.3 is 1.43 Å². The standard InChI is InChI=1S/CHN.K.Pb.3H/c1-2;;;;;/h1H;;;;;/q;+1;;;;-1. The zero-order valence-corrected chi connectivity index (χ0v) is 11.4. The van der Waals surface area contributed by atoms with Gasteiger partial charge in [-0.25, -0.2) is 5.26 Å². The molecule has 0 unspecified atom stereocenters. The van der Waals surface area contributed by atoms with Crippen molar-refractivity contribution < 1.29 is 52.8 Å². The third-order valence-electron chi connectivity index (χ3n) is 0. The first-order valence-corrected chi connectivity index (χ1v) is 0.258. The van der Waals surface area contributed by atoms with Gasteiger partial charge in [-0.05, 0) is 0 Å². The fourth-order valence-electron chi connectivity index (χ4n) is 0. The van der Waals surface area contributed by atoms with E-state index in [9.17, 15) is 0 Å². The van der Waals surface area contributed by atoms with Crippen molar-refractivity contribution in [3.8, 4) is 6.57 Å². The van der Waals surface area contributed by atoms with E-state index in [4.69, 9.17) is 5.26 Å². The molecule has 0 spiro atoms. The Balaban J connectivity index is -0.00000000167. The predicted octanol–water partition coefficient (Wildman–Crippen LogP) is -3.66. The van der Waals surface area contributed by atoms with Gasteiger partial charge in [-0.2, -0.15) is 0 Å². The molecular formula is CH4KNPb. The molecule has 0 aromatic heterocycles. The maximum absolute atomic E-state index is 6.50. The number of rotatable bonds is 0. The number of nitriles is 1. The summed E-state index contributed by atoms with van der Waals surface area (Å²) < 4.78 is 0. The second-order valence-electron chi connectivity index (χ2n) is 0. The van der Waals surface area contributed by atoms with Gasteiger partial charge in [0.05, 0.1) is 0 Å². The molecule has 3 heteroatoms.